The van der Waals surface area contributed by atoms with Gasteiger partial charge >= 0.3 is 5.97 Å². The van der Waals surface area contributed by atoms with Crippen LogP contribution >= 0.6 is 0 Å². The SMILES string of the molecule is O=C(O)c1ccc2c(C3CCCCC3)c3n(c2c1)CC=Cn1ccnc1-3. The average molecular weight is 347 g/mol. The van der Waals surface area contributed by atoms with Crippen LogP contribution in [0.3, 0.4) is 0 Å². The van der Waals surface area contributed by atoms with Gasteiger partial charge in [-0.05, 0) is 42.5 Å². The third-order valence-corrected chi connectivity index (χ3v) is 5.80. The molecule has 5 nitrogen and oxygen atoms in total. The molecule has 1 saturated carbocycles. The summed E-state index contributed by atoms with van der Waals surface area (Å²) in [6.07, 6.45) is 14.2. The van der Waals surface area contributed by atoms with E-state index in [1.807, 2.05) is 30.7 Å². The third kappa shape index (κ3) is 2.23. The third-order valence-electron chi connectivity index (χ3n) is 5.80. The van der Waals surface area contributed by atoms with Gasteiger partial charge in [0.1, 0.15) is 0 Å². The lowest BCUT2D eigenvalue weighted by molar-refractivity contribution is 0.0697. The summed E-state index contributed by atoms with van der Waals surface area (Å²) in [5.74, 6) is 0.584. The number of nitrogens with zero attached hydrogens (tertiary/aromatic N) is 3. The van der Waals surface area contributed by atoms with Gasteiger partial charge in [-0.25, -0.2) is 9.78 Å². The first-order valence-electron chi connectivity index (χ1n) is 9.33. The van der Waals surface area contributed by atoms with Gasteiger partial charge < -0.3 is 14.2 Å². The first kappa shape index (κ1) is 15.4. The van der Waals surface area contributed by atoms with Crippen molar-refractivity contribution in [1.82, 2.24) is 14.1 Å². The van der Waals surface area contributed by atoms with Gasteiger partial charge in [0.25, 0.3) is 0 Å². The maximum atomic E-state index is 11.5. The summed E-state index contributed by atoms with van der Waals surface area (Å²) in [5, 5.41) is 10.6. The summed E-state index contributed by atoms with van der Waals surface area (Å²) in [6.45, 7) is 0.727. The van der Waals surface area contributed by atoms with Crippen molar-refractivity contribution in [2.24, 2.45) is 0 Å². The first-order chi connectivity index (χ1) is 12.7. The van der Waals surface area contributed by atoms with Crippen molar-refractivity contribution in [2.45, 2.75) is 44.6 Å². The molecule has 0 spiro atoms. The molecule has 0 amide bonds. The second-order valence-electron chi connectivity index (χ2n) is 7.29. The maximum absolute atomic E-state index is 11.5. The van der Waals surface area contributed by atoms with E-state index in [1.54, 1.807) is 6.07 Å². The van der Waals surface area contributed by atoms with Crippen LogP contribution in [0.2, 0.25) is 0 Å². The monoisotopic (exact) mass is 347 g/mol. The van der Waals surface area contributed by atoms with Gasteiger partial charge in [-0.2, -0.15) is 0 Å². The molecule has 5 heteroatoms. The molecule has 5 rings (SSSR count). The highest BCUT2D eigenvalue weighted by atomic mass is 16.4. The number of benzene rings is 1. The number of allylic oxidation sites excluding steroid dienone is 1. The number of aromatic nitrogens is 3. The minimum Gasteiger partial charge on any atom is -0.478 e. The van der Waals surface area contributed by atoms with Gasteiger partial charge in [-0.3, -0.25) is 0 Å². The van der Waals surface area contributed by atoms with E-state index >= 15 is 0 Å². The second-order valence-corrected chi connectivity index (χ2v) is 7.29. The summed E-state index contributed by atoms with van der Waals surface area (Å²) in [6, 6.07) is 5.56. The van der Waals surface area contributed by atoms with Crippen LogP contribution in [-0.4, -0.2) is 25.2 Å². The van der Waals surface area contributed by atoms with Gasteiger partial charge in [0, 0.05) is 30.5 Å². The summed E-state index contributed by atoms with van der Waals surface area (Å²) in [7, 11) is 0. The number of hydrogen-bond donors (Lipinski definition) is 1. The molecule has 0 saturated heterocycles. The Labute approximate surface area is 151 Å². The van der Waals surface area contributed by atoms with Gasteiger partial charge in [0.15, 0.2) is 5.82 Å². The lowest BCUT2D eigenvalue weighted by Crippen LogP contribution is -2.07. The number of hydrogen-bond acceptors (Lipinski definition) is 2. The number of carboxylic acid groups (broad SMARTS) is 1. The van der Waals surface area contributed by atoms with Crippen LogP contribution in [0, 0.1) is 0 Å². The standard InChI is InChI=1S/C21H21N3O2/c25-21(26)15-7-8-16-17(13-15)24-11-4-10-23-12-9-22-20(23)19(24)18(16)14-5-2-1-3-6-14/h4,7-10,12-14H,1-3,5-6,11H2,(H,25,26). The van der Waals surface area contributed by atoms with E-state index in [0.29, 0.717) is 11.5 Å². The Bertz CT molecular complexity index is 1040. The van der Waals surface area contributed by atoms with Crippen LogP contribution in [0.5, 0.6) is 0 Å². The van der Waals surface area contributed by atoms with Crippen molar-refractivity contribution in [3.63, 3.8) is 0 Å². The summed E-state index contributed by atoms with van der Waals surface area (Å²) in [5.41, 5.74) is 3.85. The summed E-state index contributed by atoms with van der Waals surface area (Å²) in [4.78, 5) is 16.1. The molecule has 0 bridgehead atoms. The Morgan fingerprint density at radius 1 is 1.19 bits per heavy atom. The fraction of sp³-hybridized carbons (Fsp3) is 0.333. The van der Waals surface area contributed by atoms with E-state index in [0.717, 1.165) is 23.6 Å². The Balaban J connectivity index is 1.84. The molecule has 132 valence electrons. The largest absolute Gasteiger partial charge is 0.478 e. The fourth-order valence-corrected chi connectivity index (χ4v) is 4.63. The predicted octanol–water partition coefficient (Wildman–Crippen LogP) is 4.74. The van der Waals surface area contributed by atoms with E-state index in [9.17, 15) is 9.90 Å². The molecule has 2 aliphatic rings. The number of rotatable bonds is 2. The highest BCUT2D eigenvalue weighted by Crippen LogP contribution is 2.44. The lowest BCUT2D eigenvalue weighted by Gasteiger charge is -2.23. The molecule has 3 heterocycles. The Kier molecular flexibility index (Phi) is 3.48. The minimum absolute atomic E-state index is 0.338. The zero-order valence-corrected chi connectivity index (χ0v) is 14.6. The maximum Gasteiger partial charge on any atom is 0.335 e. The van der Waals surface area contributed by atoms with Gasteiger partial charge in [0.05, 0.1) is 16.8 Å². The van der Waals surface area contributed by atoms with Crippen LogP contribution in [0.4, 0.5) is 0 Å². The van der Waals surface area contributed by atoms with E-state index in [-0.39, 0.29) is 0 Å². The molecule has 1 N–H and O–H groups in total. The molecule has 0 unspecified atom stereocenters. The van der Waals surface area contributed by atoms with Gasteiger partial charge in [-0.15, -0.1) is 0 Å². The number of carbonyl (C=O) groups is 1. The van der Waals surface area contributed by atoms with Crippen LogP contribution in [0.25, 0.3) is 28.6 Å². The number of aromatic carboxylic acids is 1. The normalized spacial score (nSPS) is 17.1. The van der Waals surface area contributed by atoms with Crippen molar-refractivity contribution < 1.29 is 9.90 Å². The van der Waals surface area contributed by atoms with Crippen molar-refractivity contribution in [2.75, 3.05) is 0 Å². The number of carboxylic acids is 1. The molecule has 3 aromatic rings. The smallest absolute Gasteiger partial charge is 0.335 e. The second kappa shape index (κ2) is 5.87. The predicted molar refractivity (Wildman–Crippen MR) is 101 cm³/mol. The molecule has 1 aliphatic carbocycles. The number of fused-ring (bicyclic) bond motifs is 5. The molecule has 0 radical (unpaired) electrons. The van der Waals surface area contributed by atoms with Crippen molar-refractivity contribution in [3.8, 4) is 11.5 Å². The van der Waals surface area contributed by atoms with Gasteiger partial charge in [-0.1, -0.05) is 25.3 Å². The van der Waals surface area contributed by atoms with Crippen LogP contribution in [0.15, 0.2) is 36.7 Å². The minimum atomic E-state index is -0.882. The summed E-state index contributed by atoms with van der Waals surface area (Å²) >= 11 is 0. The van der Waals surface area contributed by atoms with Crippen molar-refractivity contribution >= 4 is 23.1 Å². The molecule has 1 aromatic carbocycles. The zero-order chi connectivity index (χ0) is 17.7. The zero-order valence-electron chi connectivity index (χ0n) is 14.6. The molecular weight excluding hydrogens is 326 g/mol. The van der Waals surface area contributed by atoms with E-state index in [4.69, 9.17) is 0 Å². The molecule has 1 fully saturated rings. The van der Waals surface area contributed by atoms with Gasteiger partial charge in [0.2, 0.25) is 0 Å². The highest BCUT2D eigenvalue weighted by Gasteiger charge is 2.29. The molecule has 0 atom stereocenters. The molecule has 2 aromatic heterocycles. The van der Waals surface area contributed by atoms with Crippen molar-refractivity contribution in [1.29, 1.82) is 0 Å². The first-order valence-corrected chi connectivity index (χ1v) is 9.33. The molecular formula is C21H21N3O2. The summed E-state index contributed by atoms with van der Waals surface area (Å²) < 4.78 is 4.32. The Hall–Kier alpha value is -2.82. The topological polar surface area (TPSA) is 60.0 Å². The van der Waals surface area contributed by atoms with Crippen LogP contribution < -0.4 is 0 Å². The van der Waals surface area contributed by atoms with E-state index < -0.39 is 5.97 Å². The van der Waals surface area contributed by atoms with E-state index in [2.05, 4.69) is 20.2 Å². The lowest BCUT2D eigenvalue weighted by atomic mass is 9.82. The quantitative estimate of drug-likeness (QED) is 0.729. The van der Waals surface area contributed by atoms with Crippen LogP contribution in [0.1, 0.15) is 53.9 Å². The molecule has 1 aliphatic heterocycles. The van der Waals surface area contributed by atoms with E-state index in [1.165, 1.54) is 43.1 Å². The highest BCUT2D eigenvalue weighted by molar-refractivity contribution is 5.98. The average Bonchev–Trinajstić information content (AvgIpc) is 3.20. The fourth-order valence-electron chi connectivity index (χ4n) is 4.63. The number of imidazole rings is 1. The molecule has 26 heavy (non-hydrogen) atoms. The Morgan fingerprint density at radius 2 is 2.04 bits per heavy atom. The van der Waals surface area contributed by atoms with Crippen LogP contribution in [-0.2, 0) is 6.54 Å². The van der Waals surface area contributed by atoms with Crippen molar-refractivity contribution in [3.05, 3.63) is 47.8 Å². The Morgan fingerprint density at radius 3 is 2.85 bits per heavy atom.